The molecule has 0 spiro atoms. The molecule has 138 valence electrons. The van der Waals surface area contributed by atoms with E-state index in [0.29, 0.717) is 29.5 Å². The van der Waals surface area contributed by atoms with E-state index in [1.54, 1.807) is 6.20 Å². The molecule has 1 aliphatic rings. The first-order valence-corrected chi connectivity index (χ1v) is 9.60. The van der Waals surface area contributed by atoms with Gasteiger partial charge < -0.3 is 9.73 Å². The minimum atomic E-state index is -0.211. The Labute approximate surface area is 163 Å². The maximum atomic E-state index is 12.5. The zero-order valence-corrected chi connectivity index (χ0v) is 15.7. The van der Waals surface area contributed by atoms with Gasteiger partial charge in [-0.15, -0.1) is 0 Å². The summed E-state index contributed by atoms with van der Waals surface area (Å²) in [5.74, 6) is 1.19. The summed E-state index contributed by atoms with van der Waals surface area (Å²) in [5, 5.41) is 3.85. The van der Waals surface area contributed by atoms with Crippen LogP contribution in [0, 0.1) is 0 Å². The van der Waals surface area contributed by atoms with Crippen molar-refractivity contribution in [1.82, 2.24) is 10.3 Å². The molecule has 1 fully saturated rings. The van der Waals surface area contributed by atoms with Crippen LogP contribution in [0.2, 0.25) is 5.02 Å². The van der Waals surface area contributed by atoms with Gasteiger partial charge in [-0.25, -0.2) is 4.98 Å². The molecule has 4 rings (SSSR count). The minimum Gasteiger partial charge on any atom is -0.441 e. The van der Waals surface area contributed by atoms with Crippen LogP contribution in [0.1, 0.15) is 37.1 Å². The second-order valence-electron chi connectivity index (χ2n) is 6.95. The molecule has 1 N–H and O–H groups in total. The SMILES string of the molecule is O=C(CCc1ncc(-c2ccccc2Cl)o1)NC1(c2ccccc2)CCC1. The van der Waals surface area contributed by atoms with Gasteiger partial charge in [0.15, 0.2) is 11.7 Å². The third-order valence-corrected chi connectivity index (χ3v) is 5.50. The number of aromatic nitrogens is 1. The van der Waals surface area contributed by atoms with Gasteiger partial charge in [0.05, 0.1) is 16.8 Å². The van der Waals surface area contributed by atoms with Crippen molar-refractivity contribution in [3.63, 3.8) is 0 Å². The molecule has 0 radical (unpaired) electrons. The Morgan fingerprint density at radius 1 is 1.11 bits per heavy atom. The zero-order valence-electron chi connectivity index (χ0n) is 15.0. The second kappa shape index (κ2) is 7.57. The number of nitrogens with one attached hydrogen (secondary N) is 1. The number of nitrogens with zero attached hydrogens (tertiary/aromatic N) is 1. The lowest BCUT2D eigenvalue weighted by Crippen LogP contribution is -2.50. The first-order valence-electron chi connectivity index (χ1n) is 9.22. The number of hydrogen-bond donors (Lipinski definition) is 1. The molecule has 0 bridgehead atoms. The van der Waals surface area contributed by atoms with Crippen LogP contribution >= 0.6 is 11.6 Å². The molecule has 0 atom stereocenters. The van der Waals surface area contributed by atoms with Gasteiger partial charge in [-0.3, -0.25) is 4.79 Å². The number of carbonyl (C=O) groups is 1. The average Bonchev–Trinajstić information content (AvgIpc) is 3.13. The largest absolute Gasteiger partial charge is 0.441 e. The molecular weight excluding hydrogens is 360 g/mol. The molecule has 1 saturated carbocycles. The van der Waals surface area contributed by atoms with Crippen molar-refractivity contribution in [2.45, 2.75) is 37.6 Å². The Balaban J connectivity index is 1.38. The minimum absolute atomic E-state index is 0.0241. The van der Waals surface area contributed by atoms with Gasteiger partial charge in [-0.2, -0.15) is 0 Å². The first-order chi connectivity index (χ1) is 13.2. The summed E-state index contributed by atoms with van der Waals surface area (Å²) >= 11 is 6.20. The maximum absolute atomic E-state index is 12.5. The van der Waals surface area contributed by atoms with Gasteiger partial charge in [0.25, 0.3) is 0 Å². The van der Waals surface area contributed by atoms with E-state index in [1.807, 2.05) is 42.5 Å². The van der Waals surface area contributed by atoms with E-state index < -0.39 is 0 Å². The summed E-state index contributed by atoms with van der Waals surface area (Å²) in [7, 11) is 0. The lowest BCUT2D eigenvalue weighted by atomic mass is 9.71. The highest BCUT2D eigenvalue weighted by Gasteiger charge is 2.39. The van der Waals surface area contributed by atoms with Crippen LogP contribution in [0.15, 0.2) is 65.2 Å². The quantitative estimate of drug-likeness (QED) is 0.645. The number of benzene rings is 2. The van der Waals surface area contributed by atoms with Gasteiger partial charge in [0, 0.05) is 18.4 Å². The van der Waals surface area contributed by atoms with Crippen molar-refractivity contribution < 1.29 is 9.21 Å². The maximum Gasteiger partial charge on any atom is 0.221 e. The van der Waals surface area contributed by atoms with Crippen LogP contribution in [-0.2, 0) is 16.8 Å². The smallest absolute Gasteiger partial charge is 0.221 e. The third-order valence-electron chi connectivity index (χ3n) is 5.17. The van der Waals surface area contributed by atoms with Crippen LogP contribution in [0.3, 0.4) is 0 Å². The molecule has 4 nitrogen and oxygen atoms in total. The standard InChI is InChI=1S/C22H21ClN2O2/c23-18-10-5-4-9-17(18)19-15-24-21(27-19)12-11-20(26)25-22(13-6-14-22)16-7-2-1-3-8-16/h1-5,7-10,15H,6,11-14H2,(H,25,26). The van der Waals surface area contributed by atoms with Crippen LogP contribution in [0.4, 0.5) is 0 Å². The molecule has 0 aliphatic heterocycles. The van der Waals surface area contributed by atoms with Crippen molar-refractivity contribution in [3.05, 3.63) is 77.3 Å². The summed E-state index contributed by atoms with van der Waals surface area (Å²) in [6.45, 7) is 0. The van der Waals surface area contributed by atoms with E-state index in [-0.39, 0.29) is 11.4 Å². The summed E-state index contributed by atoms with van der Waals surface area (Å²) in [6, 6.07) is 17.7. The predicted molar refractivity (Wildman–Crippen MR) is 105 cm³/mol. The third kappa shape index (κ3) is 3.76. The molecule has 3 aromatic rings. The van der Waals surface area contributed by atoms with Gasteiger partial charge in [0.1, 0.15) is 0 Å². The molecule has 2 aromatic carbocycles. The fourth-order valence-corrected chi connectivity index (χ4v) is 3.76. The molecule has 27 heavy (non-hydrogen) atoms. The molecular formula is C22H21ClN2O2. The highest BCUT2D eigenvalue weighted by Crippen LogP contribution is 2.41. The number of oxazole rings is 1. The Kier molecular flexibility index (Phi) is 4.99. The van der Waals surface area contributed by atoms with Crippen molar-refractivity contribution in [2.24, 2.45) is 0 Å². The lowest BCUT2D eigenvalue weighted by molar-refractivity contribution is -0.124. The van der Waals surface area contributed by atoms with Gasteiger partial charge >= 0.3 is 0 Å². The molecule has 1 aromatic heterocycles. The summed E-state index contributed by atoms with van der Waals surface area (Å²) in [6.07, 6.45) is 5.57. The van der Waals surface area contributed by atoms with E-state index in [9.17, 15) is 4.79 Å². The van der Waals surface area contributed by atoms with Crippen molar-refractivity contribution >= 4 is 17.5 Å². The van der Waals surface area contributed by atoms with Crippen LogP contribution < -0.4 is 5.32 Å². The van der Waals surface area contributed by atoms with Crippen LogP contribution in [-0.4, -0.2) is 10.9 Å². The summed E-state index contributed by atoms with van der Waals surface area (Å²) < 4.78 is 5.78. The van der Waals surface area contributed by atoms with E-state index in [0.717, 1.165) is 24.8 Å². The molecule has 1 amide bonds. The van der Waals surface area contributed by atoms with Crippen molar-refractivity contribution in [1.29, 1.82) is 0 Å². The average molecular weight is 381 g/mol. The van der Waals surface area contributed by atoms with E-state index in [2.05, 4.69) is 22.4 Å². The fraction of sp³-hybridized carbons (Fsp3) is 0.273. The Morgan fingerprint density at radius 2 is 1.85 bits per heavy atom. The number of rotatable bonds is 6. The Hall–Kier alpha value is -2.59. The topological polar surface area (TPSA) is 55.1 Å². The number of hydrogen-bond acceptors (Lipinski definition) is 3. The summed E-state index contributed by atoms with van der Waals surface area (Å²) in [4.78, 5) is 16.8. The summed E-state index contributed by atoms with van der Waals surface area (Å²) in [5.41, 5.74) is 1.78. The van der Waals surface area contributed by atoms with Crippen molar-refractivity contribution in [2.75, 3.05) is 0 Å². The highest BCUT2D eigenvalue weighted by atomic mass is 35.5. The van der Waals surface area contributed by atoms with Crippen molar-refractivity contribution in [3.8, 4) is 11.3 Å². The molecule has 0 saturated heterocycles. The zero-order chi connectivity index (χ0) is 18.7. The lowest BCUT2D eigenvalue weighted by Gasteiger charge is -2.43. The Morgan fingerprint density at radius 3 is 2.56 bits per heavy atom. The molecule has 0 unspecified atom stereocenters. The fourth-order valence-electron chi connectivity index (χ4n) is 3.53. The van der Waals surface area contributed by atoms with Crippen LogP contribution in [0.25, 0.3) is 11.3 Å². The van der Waals surface area contributed by atoms with E-state index in [1.165, 1.54) is 5.56 Å². The normalized spacial score (nSPS) is 15.1. The highest BCUT2D eigenvalue weighted by molar-refractivity contribution is 6.33. The van der Waals surface area contributed by atoms with Gasteiger partial charge in [-0.1, -0.05) is 54.1 Å². The predicted octanol–water partition coefficient (Wildman–Crippen LogP) is 5.12. The van der Waals surface area contributed by atoms with E-state index >= 15 is 0 Å². The van der Waals surface area contributed by atoms with E-state index in [4.69, 9.17) is 16.0 Å². The van der Waals surface area contributed by atoms with Gasteiger partial charge in [-0.05, 0) is 37.0 Å². The number of aryl methyl sites for hydroxylation is 1. The number of amides is 1. The molecule has 5 heteroatoms. The number of halogens is 1. The first kappa shape index (κ1) is 17.8. The monoisotopic (exact) mass is 380 g/mol. The number of carbonyl (C=O) groups excluding carboxylic acids is 1. The van der Waals surface area contributed by atoms with Gasteiger partial charge in [0.2, 0.25) is 5.91 Å². The molecule has 1 aliphatic carbocycles. The Bertz CT molecular complexity index is 932. The second-order valence-corrected chi connectivity index (χ2v) is 7.36. The van der Waals surface area contributed by atoms with Crippen LogP contribution in [0.5, 0.6) is 0 Å². The molecule has 1 heterocycles.